The fourth-order valence-corrected chi connectivity index (χ4v) is 6.62. The van der Waals surface area contributed by atoms with E-state index in [1.807, 2.05) is 30.3 Å². The zero-order valence-electron chi connectivity index (χ0n) is 24.2. The topological polar surface area (TPSA) is 130 Å². The van der Waals surface area contributed by atoms with Crippen molar-refractivity contribution in [3.8, 4) is 0 Å². The molecule has 13 heteroatoms. The van der Waals surface area contributed by atoms with E-state index in [1.54, 1.807) is 12.1 Å². The lowest BCUT2D eigenvalue weighted by Crippen LogP contribution is -2.55. The third kappa shape index (κ3) is 8.93. The van der Waals surface area contributed by atoms with Crippen molar-refractivity contribution < 1.29 is 22.9 Å². The molecule has 10 nitrogen and oxygen atoms in total. The van der Waals surface area contributed by atoms with E-state index >= 15 is 0 Å². The predicted octanol–water partition coefficient (Wildman–Crippen LogP) is 5.76. The number of nitro benzene ring substituents is 1. The van der Waals surface area contributed by atoms with Gasteiger partial charge in [0.15, 0.2) is 0 Å². The van der Waals surface area contributed by atoms with Gasteiger partial charge in [-0.1, -0.05) is 84.9 Å². The maximum atomic E-state index is 14.2. The quantitative estimate of drug-likeness (QED) is 0.194. The molecular weight excluding hydrogens is 627 g/mol. The number of benzene rings is 3. The lowest BCUT2D eigenvalue weighted by atomic mass is 9.94. The molecule has 1 N–H and O–H groups in total. The Balaban J connectivity index is 1.76. The highest BCUT2D eigenvalue weighted by atomic mass is 35.5. The molecule has 0 aromatic heterocycles. The number of non-ortho nitro benzene ring substituents is 1. The number of rotatable bonds is 12. The molecule has 1 aliphatic carbocycles. The van der Waals surface area contributed by atoms with E-state index in [0.717, 1.165) is 54.3 Å². The van der Waals surface area contributed by atoms with E-state index in [2.05, 4.69) is 5.32 Å². The van der Waals surface area contributed by atoms with Gasteiger partial charge in [-0.3, -0.25) is 24.0 Å². The molecule has 1 atom stereocenters. The van der Waals surface area contributed by atoms with E-state index in [9.17, 15) is 28.1 Å². The Morgan fingerprint density at radius 2 is 1.70 bits per heavy atom. The van der Waals surface area contributed by atoms with Gasteiger partial charge >= 0.3 is 0 Å². The summed E-state index contributed by atoms with van der Waals surface area (Å²) in [5, 5.41) is 15.2. The van der Waals surface area contributed by atoms with E-state index < -0.39 is 33.4 Å². The number of hydrogen-bond acceptors (Lipinski definition) is 6. The average molecular weight is 662 g/mol. The number of nitrogens with zero attached hydrogens (tertiary/aromatic N) is 3. The van der Waals surface area contributed by atoms with Gasteiger partial charge in [-0.2, -0.15) is 0 Å². The molecule has 4 rings (SSSR count). The molecule has 0 heterocycles. The molecule has 0 radical (unpaired) electrons. The van der Waals surface area contributed by atoms with Gasteiger partial charge in [0.1, 0.15) is 12.6 Å². The molecule has 1 fully saturated rings. The third-order valence-corrected chi connectivity index (χ3v) is 9.31. The number of nitrogens with one attached hydrogen (secondary N) is 1. The minimum Gasteiger partial charge on any atom is -0.352 e. The Bertz CT molecular complexity index is 1600. The number of hydrogen-bond donors (Lipinski definition) is 1. The lowest BCUT2D eigenvalue weighted by Gasteiger charge is -2.35. The summed E-state index contributed by atoms with van der Waals surface area (Å²) >= 11 is 12.6. The predicted molar refractivity (Wildman–Crippen MR) is 171 cm³/mol. The normalized spacial score (nSPS) is 14.4. The van der Waals surface area contributed by atoms with Crippen LogP contribution in [0, 0.1) is 10.1 Å². The standard InChI is InChI=1S/C31H34Cl2N4O6S/c1-44(42,43)36(26-13-8-14-27(19-26)37(40)41)21-30(38)35(20-23-15-16-24(32)18-28(23)33)29(17-22-9-4-2-5-10-22)31(39)34-25-11-6-3-7-12-25/h2,4-5,8-10,13-16,18-19,25,29H,3,6-7,11-12,17,20-21H2,1H3,(H,34,39). The summed E-state index contributed by atoms with van der Waals surface area (Å²) in [5.74, 6) is -1.05. The van der Waals surface area contributed by atoms with Crippen LogP contribution in [0.5, 0.6) is 0 Å². The van der Waals surface area contributed by atoms with Crippen molar-refractivity contribution >= 4 is 56.4 Å². The zero-order valence-corrected chi connectivity index (χ0v) is 26.5. The van der Waals surface area contributed by atoms with Crippen molar-refractivity contribution in [2.45, 2.75) is 57.2 Å². The second kappa shape index (κ2) is 14.9. The summed E-state index contributed by atoms with van der Waals surface area (Å²) in [4.78, 5) is 40.3. The van der Waals surface area contributed by atoms with E-state index in [4.69, 9.17) is 23.2 Å². The van der Waals surface area contributed by atoms with Gasteiger partial charge in [0.2, 0.25) is 21.8 Å². The zero-order chi connectivity index (χ0) is 31.9. The average Bonchev–Trinajstić information content (AvgIpc) is 2.99. The van der Waals surface area contributed by atoms with Crippen LogP contribution in [-0.4, -0.2) is 54.9 Å². The summed E-state index contributed by atoms with van der Waals surface area (Å²) in [6.07, 6.45) is 5.81. The molecular formula is C31H34Cl2N4O6S. The number of nitro groups is 1. The first-order valence-electron chi connectivity index (χ1n) is 14.2. The molecule has 3 aromatic carbocycles. The second-order valence-corrected chi connectivity index (χ2v) is 13.6. The first kappa shape index (κ1) is 33.2. The van der Waals surface area contributed by atoms with Gasteiger partial charge in [-0.05, 0) is 42.2 Å². The molecule has 3 aromatic rings. The summed E-state index contributed by atoms with van der Waals surface area (Å²) in [5.41, 5.74) is 0.928. The third-order valence-electron chi connectivity index (χ3n) is 7.59. The van der Waals surface area contributed by atoms with Crippen molar-refractivity contribution in [2.24, 2.45) is 0 Å². The van der Waals surface area contributed by atoms with Gasteiger partial charge < -0.3 is 10.2 Å². The second-order valence-electron chi connectivity index (χ2n) is 10.9. The number of sulfonamides is 1. The highest BCUT2D eigenvalue weighted by molar-refractivity contribution is 7.92. The van der Waals surface area contributed by atoms with Crippen LogP contribution in [0.4, 0.5) is 11.4 Å². The number of carbonyl (C=O) groups excluding carboxylic acids is 2. The SMILES string of the molecule is CS(=O)(=O)N(CC(=O)N(Cc1ccc(Cl)cc1Cl)C(Cc1ccccc1)C(=O)NC1CCCCC1)c1cccc([N+](=O)[O-])c1. The Kier molecular flexibility index (Phi) is 11.2. The number of carbonyl (C=O) groups is 2. The molecule has 44 heavy (non-hydrogen) atoms. The summed E-state index contributed by atoms with van der Waals surface area (Å²) in [7, 11) is -4.08. The van der Waals surface area contributed by atoms with Crippen molar-refractivity contribution in [3.63, 3.8) is 0 Å². The van der Waals surface area contributed by atoms with Crippen molar-refractivity contribution in [1.82, 2.24) is 10.2 Å². The van der Waals surface area contributed by atoms with Gasteiger partial charge in [0.25, 0.3) is 5.69 Å². The number of halogens is 2. The van der Waals surface area contributed by atoms with Crippen LogP contribution in [0.1, 0.15) is 43.2 Å². The number of amides is 2. The van der Waals surface area contributed by atoms with Crippen molar-refractivity contribution in [2.75, 3.05) is 17.1 Å². The fourth-order valence-electron chi connectivity index (χ4n) is 5.31. The van der Waals surface area contributed by atoms with Gasteiger partial charge in [-0.15, -0.1) is 0 Å². The van der Waals surface area contributed by atoms with Gasteiger partial charge in [0, 0.05) is 41.2 Å². The van der Waals surface area contributed by atoms with E-state index in [0.29, 0.717) is 10.6 Å². The van der Waals surface area contributed by atoms with E-state index in [-0.39, 0.29) is 41.3 Å². The molecule has 1 aliphatic rings. The smallest absolute Gasteiger partial charge is 0.271 e. The summed E-state index contributed by atoms with van der Waals surface area (Å²) < 4.78 is 26.7. The molecule has 1 saturated carbocycles. The minimum atomic E-state index is -4.08. The summed E-state index contributed by atoms with van der Waals surface area (Å²) in [6, 6.07) is 18.0. The maximum Gasteiger partial charge on any atom is 0.271 e. The van der Waals surface area contributed by atoms with Crippen LogP contribution >= 0.6 is 23.2 Å². The van der Waals surface area contributed by atoms with E-state index in [1.165, 1.54) is 29.2 Å². The first-order valence-corrected chi connectivity index (χ1v) is 16.8. The van der Waals surface area contributed by atoms with Crippen molar-refractivity contribution in [3.05, 3.63) is 104 Å². The Hall–Kier alpha value is -3.67. The number of anilines is 1. The van der Waals surface area contributed by atoms with Crippen LogP contribution in [0.2, 0.25) is 10.0 Å². The maximum absolute atomic E-state index is 14.2. The van der Waals surface area contributed by atoms with Crippen LogP contribution in [0.3, 0.4) is 0 Å². The Morgan fingerprint density at radius 1 is 1.00 bits per heavy atom. The molecule has 2 amide bonds. The van der Waals surface area contributed by atoms with Crippen LogP contribution in [0.15, 0.2) is 72.8 Å². The monoisotopic (exact) mass is 660 g/mol. The van der Waals surface area contributed by atoms with Crippen molar-refractivity contribution in [1.29, 1.82) is 0 Å². The van der Waals surface area contributed by atoms with Crippen LogP contribution in [0.25, 0.3) is 0 Å². The lowest BCUT2D eigenvalue weighted by molar-refractivity contribution is -0.384. The van der Waals surface area contributed by atoms with Gasteiger partial charge in [0.05, 0.1) is 16.9 Å². The fraction of sp³-hybridized carbons (Fsp3) is 0.355. The molecule has 234 valence electrons. The first-order chi connectivity index (χ1) is 20.9. The Labute approximate surface area is 267 Å². The Morgan fingerprint density at radius 3 is 2.34 bits per heavy atom. The minimum absolute atomic E-state index is 0.0389. The largest absolute Gasteiger partial charge is 0.352 e. The highest BCUT2D eigenvalue weighted by Gasteiger charge is 2.34. The molecule has 0 spiro atoms. The molecule has 0 bridgehead atoms. The molecule has 0 aliphatic heterocycles. The molecule has 0 saturated heterocycles. The molecule has 1 unspecified atom stereocenters. The summed E-state index contributed by atoms with van der Waals surface area (Å²) in [6.45, 7) is -0.815. The van der Waals surface area contributed by atoms with Gasteiger partial charge in [-0.25, -0.2) is 8.42 Å². The van der Waals surface area contributed by atoms with Crippen LogP contribution < -0.4 is 9.62 Å². The van der Waals surface area contributed by atoms with Crippen LogP contribution in [-0.2, 0) is 32.6 Å². The highest BCUT2D eigenvalue weighted by Crippen LogP contribution is 2.27.